The van der Waals surface area contributed by atoms with Gasteiger partial charge in [-0.15, -0.1) is 0 Å². The molecule has 104 valence electrons. The van der Waals surface area contributed by atoms with Gasteiger partial charge >= 0.3 is 0 Å². The molecule has 0 aromatic heterocycles. The normalized spacial score (nSPS) is 21.5. The number of nitrogens with zero attached hydrogens (tertiary/aromatic N) is 1. The number of ether oxygens (including phenoxy) is 1. The minimum Gasteiger partial charge on any atom is -0.409 e. The van der Waals surface area contributed by atoms with Crippen LogP contribution in [-0.4, -0.2) is 37.3 Å². The van der Waals surface area contributed by atoms with Gasteiger partial charge in [-0.05, 0) is 17.9 Å². The van der Waals surface area contributed by atoms with Crippen molar-refractivity contribution in [1.29, 1.82) is 0 Å². The molecule has 2 atom stereocenters. The van der Waals surface area contributed by atoms with Gasteiger partial charge in [-0.25, -0.2) is 0 Å². The second kappa shape index (κ2) is 7.11. The summed E-state index contributed by atoms with van der Waals surface area (Å²) in [5.41, 5.74) is 6.83. The van der Waals surface area contributed by atoms with Crippen molar-refractivity contribution in [3.8, 4) is 0 Å². The molecule has 2 rings (SSSR count). The van der Waals surface area contributed by atoms with Gasteiger partial charge in [0.05, 0.1) is 12.5 Å². The summed E-state index contributed by atoms with van der Waals surface area (Å²) < 4.78 is 5.34. The molecule has 0 saturated carbocycles. The third-order valence-electron chi connectivity index (χ3n) is 3.48. The first kappa shape index (κ1) is 13.8. The zero-order valence-corrected chi connectivity index (χ0v) is 11.0. The number of nitrogens with one attached hydrogen (secondary N) is 1. The third-order valence-corrected chi connectivity index (χ3v) is 3.48. The lowest BCUT2D eigenvalue weighted by molar-refractivity contribution is 0.185. The van der Waals surface area contributed by atoms with Crippen LogP contribution in [-0.2, 0) is 4.74 Å². The van der Waals surface area contributed by atoms with Gasteiger partial charge in [-0.2, -0.15) is 0 Å². The van der Waals surface area contributed by atoms with Gasteiger partial charge in [0.2, 0.25) is 0 Å². The largest absolute Gasteiger partial charge is 0.409 e. The number of amidine groups is 1. The van der Waals surface area contributed by atoms with Crippen molar-refractivity contribution in [3.05, 3.63) is 35.9 Å². The fourth-order valence-corrected chi connectivity index (χ4v) is 2.32. The zero-order chi connectivity index (χ0) is 13.5. The summed E-state index contributed by atoms with van der Waals surface area (Å²) in [6, 6.07) is 9.85. The number of oxime groups is 1. The van der Waals surface area contributed by atoms with Crippen LogP contribution in [0.5, 0.6) is 0 Å². The monoisotopic (exact) mass is 263 g/mol. The van der Waals surface area contributed by atoms with E-state index in [1.807, 2.05) is 30.3 Å². The average Bonchev–Trinajstić information content (AvgIpc) is 2.97. The molecule has 0 spiro atoms. The Morgan fingerprint density at radius 1 is 1.47 bits per heavy atom. The van der Waals surface area contributed by atoms with Crippen LogP contribution in [0.25, 0.3) is 0 Å². The fraction of sp³-hybridized carbons (Fsp3) is 0.500. The zero-order valence-electron chi connectivity index (χ0n) is 11.0. The van der Waals surface area contributed by atoms with Gasteiger partial charge < -0.3 is 21.0 Å². The second-order valence-electron chi connectivity index (χ2n) is 4.88. The summed E-state index contributed by atoms with van der Waals surface area (Å²) >= 11 is 0. The highest BCUT2D eigenvalue weighted by atomic mass is 16.5. The first-order valence-corrected chi connectivity index (χ1v) is 6.62. The summed E-state index contributed by atoms with van der Waals surface area (Å²) in [5, 5.41) is 15.4. The van der Waals surface area contributed by atoms with Gasteiger partial charge in [-0.1, -0.05) is 35.5 Å². The molecular formula is C14H21N3O2. The van der Waals surface area contributed by atoms with E-state index >= 15 is 0 Å². The van der Waals surface area contributed by atoms with Crippen LogP contribution < -0.4 is 11.1 Å². The van der Waals surface area contributed by atoms with E-state index in [0.29, 0.717) is 12.5 Å². The fourth-order valence-electron chi connectivity index (χ4n) is 2.32. The third kappa shape index (κ3) is 3.94. The number of hydrogen-bond acceptors (Lipinski definition) is 4. The van der Waals surface area contributed by atoms with Crippen molar-refractivity contribution in [1.82, 2.24) is 5.32 Å². The summed E-state index contributed by atoms with van der Waals surface area (Å²) in [6.45, 7) is 3.25. The molecule has 1 aliphatic rings. The Balaban J connectivity index is 1.91. The molecule has 0 aliphatic carbocycles. The molecule has 1 aromatic carbocycles. The topological polar surface area (TPSA) is 79.9 Å². The van der Waals surface area contributed by atoms with Crippen molar-refractivity contribution < 1.29 is 9.94 Å². The van der Waals surface area contributed by atoms with Crippen LogP contribution in [0.3, 0.4) is 0 Å². The van der Waals surface area contributed by atoms with Gasteiger partial charge in [0.1, 0.15) is 5.84 Å². The predicted molar refractivity (Wildman–Crippen MR) is 74.4 cm³/mol. The molecule has 1 saturated heterocycles. The van der Waals surface area contributed by atoms with E-state index < -0.39 is 0 Å². The Hall–Kier alpha value is -1.59. The maximum atomic E-state index is 8.89. The molecule has 0 radical (unpaired) electrons. The summed E-state index contributed by atoms with van der Waals surface area (Å²) in [4.78, 5) is 0. The van der Waals surface area contributed by atoms with E-state index in [1.165, 1.54) is 0 Å². The predicted octanol–water partition coefficient (Wildman–Crippen LogP) is 1.14. The number of hydrogen-bond donors (Lipinski definition) is 3. The van der Waals surface area contributed by atoms with Crippen LogP contribution in [0, 0.1) is 5.92 Å². The van der Waals surface area contributed by atoms with E-state index in [-0.39, 0.29) is 11.8 Å². The van der Waals surface area contributed by atoms with Crippen molar-refractivity contribution >= 4 is 5.84 Å². The van der Waals surface area contributed by atoms with Crippen molar-refractivity contribution in [2.24, 2.45) is 16.8 Å². The van der Waals surface area contributed by atoms with Crippen molar-refractivity contribution in [2.45, 2.75) is 12.3 Å². The Labute approximate surface area is 113 Å². The highest BCUT2D eigenvalue weighted by Crippen LogP contribution is 2.16. The Morgan fingerprint density at radius 3 is 2.89 bits per heavy atom. The maximum absolute atomic E-state index is 8.89. The standard InChI is InChI=1S/C14H21N3O2/c15-14(17-18)13(12-4-2-1-3-5-12)9-16-8-11-6-7-19-10-11/h1-5,11,13,16,18H,6-10H2,(H2,15,17). The molecule has 4 N–H and O–H groups in total. The molecule has 0 amide bonds. The maximum Gasteiger partial charge on any atom is 0.147 e. The van der Waals surface area contributed by atoms with Gasteiger partial charge in [0.15, 0.2) is 0 Å². The molecule has 5 nitrogen and oxygen atoms in total. The van der Waals surface area contributed by atoms with E-state index in [9.17, 15) is 0 Å². The first-order valence-electron chi connectivity index (χ1n) is 6.62. The van der Waals surface area contributed by atoms with E-state index in [2.05, 4.69) is 10.5 Å². The number of rotatable bonds is 6. The van der Waals surface area contributed by atoms with Crippen LogP contribution in [0.2, 0.25) is 0 Å². The van der Waals surface area contributed by atoms with Crippen LogP contribution >= 0.6 is 0 Å². The number of nitrogens with two attached hydrogens (primary N) is 1. The number of benzene rings is 1. The second-order valence-corrected chi connectivity index (χ2v) is 4.88. The molecule has 2 unspecified atom stereocenters. The van der Waals surface area contributed by atoms with Gasteiger partial charge in [0.25, 0.3) is 0 Å². The molecule has 19 heavy (non-hydrogen) atoms. The SMILES string of the molecule is NC(=NO)C(CNCC1CCOC1)c1ccccc1. The smallest absolute Gasteiger partial charge is 0.147 e. The average molecular weight is 263 g/mol. The summed E-state index contributed by atoms with van der Waals surface area (Å²) in [7, 11) is 0. The van der Waals surface area contributed by atoms with E-state index in [4.69, 9.17) is 15.7 Å². The highest BCUT2D eigenvalue weighted by molar-refractivity contribution is 5.87. The van der Waals surface area contributed by atoms with E-state index in [1.54, 1.807) is 0 Å². The Morgan fingerprint density at radius 2 is 2.26 bits per heavy atom. The lowest BCUT2D eigenvalue weighted by Crippen LogP contribution is -2.34. The molecule has 0 bridgehead atoms. The summed E-state index contributed by atoms with van der Waals surface area (Å²) in [6.07, 6.45) is 1.10. The molecule has 1 aliphatic heterocycles. The van der Waals surface area contributed by atoms with Crippen LogP contribution in [0.4, 0.5) is 0 Å². The minimum atomic E-state index is -0.103. The van der Waals surface area contributed by atoms with Crippen LogP contribution in [0.1, 0.15) is 17.9 Å². The lowest BCUT2D eigenvalue weighted by atomic mass is 9.97. The quantitative estimate of drug-likeness (QED) is 0.311. The van der Waals surface area contributed by atoms with Crippen molar-refractivity contribution in [3.63, 3.8) is 0 Å². The molecular weight excluding hydrogens is 242 g/mol. The molecule has 1 fully saturated rings. The van der Waals surface area contributed by atoms with Gasteiger partial charge in [-0.3, -0.25) is 0 Å². The van der Waals surface area contributed by atoms with Crippen LogP contribution in [0.15, 0.2) is 35.5 Å². The summed E-state index contributed by atoms with van der Waals surface area (Å²) in [5.74, 6) is 0.707. The van der Waals surface area contributed by atoms with Gasteiger partial charge in [0, 0.05) is 19.7 Å². The van der Waals surface area contributed by atoms with Crippen molar-refractivity contribution in [2.75, 3.05) is 26.3 Å². The minimum absolute atomic E-state index is 0.103. The Kier molecular flexibility index (Phi) is 5.18. The first-order chi connectivity index (χ1) is 9.31. The molecule has 5 heteroatoms. The molecule has 1 aromatic rings. The Bertz CT molecular complexity index is 402. The van der Waals surface area contributed by atoms with E-state index in [0.717, 1.165) is 31.7 Å². The molecule has 1 heterocycles. The lowest BCUT2D eigenvalue weighted by Gasteiger charge is -2.18. The highest BCUT2D eigenvalue weighted by Gasteiger charge is 2.19.